The van der Waals surface area contributed by atoms with Crippen LogP contribution in [0, 0.1) is 5.92 Å². The van der Waals surface area contributed by atoms with Crippen molar-refractivity contribution in [1.29, 1.82) is 0 Å². The summed E-state index contributed by atoms with van der Waals surface area (Å²) in [6, 6.07) is 0.949. The molecule has 15 heavy (non-hydrogen) atoms. The van der Waals surface area contributed by atoms with Crippen LogP contribution in [0.15, 0.2) is 0 Å². The maximum Gasteiger partial charge on any atom is 0.0431 e. The highest BCUT2D eigenvalue weighted by molar-refractivity contribution is 4.89. The Morgan fingerprint density at radius 3 is 2.80 bits per heavy atom. The van der Waals surface area contributed by atoms with Crippen molar-refractivity contribution in [3.63, 3.8) is 0 Å². The fraction of sp³-hybridized carbons (Fsp3) is 1.00. The first-order valence-corrected chi connectivity index (χ1v) is 6.46. The van der Waals surface area contributed by atoms with Crippen LogP contribution in [0.5, 0.6) is 0 Å². The van der Waals surface area contributed by atoms with Gasteiger partial charge in [0.05, 0.1) is 0 Å². The highest BCUT2D eigenvalue weighted by Crippen LogP contribution is 2.31. The van der Waals surface area contributed by atoms with Gasteiger partial charge >= 0.3 is 0 Å². The van der Waals surface area contributed by atoms with Gasteiger partial charge in [-0.2, -0.15) is 0 Å². The van der Waals surface area contributed by atoms with Gasteiger partial charge in [-0.1, -0.05) is 0 Å². The third-order valence-electron chi connectivity index (χ3n) is 3.58. The summed E-state index contributed by atoms with van der Waals surface area (Å²) in [6.07, 6.45) is 6.30. The normalized spacial score (nSPS) is 27.4. The molecule has 3 heteroatoms. The smallest absolute Gasteiger partial charge is 0.0431 e. The Kier molecular flexibility index (Phi) is 4.42. The Morgan fingerprint density at radius 1 is 1.20 bits per heavy atom. The lowest BCUT2D eigenvalue weighted by Gasteiger charge is -2.15. The van der Waals surface area contributed by atoms with Crippen molar-refractivity contribution in [2.24, 2.45) is 5.92 Å². The van der Waals surface area contributed by atoms with Crippen LogP contribution >= 0.6 is 0 Å². The minimum absolute atomic E-state index is 0.334. The largest absolute Gasteiger partial charge is 0.396 e. The van der Waals surface area contributed by atoms with Gasteiger partial charge < -0.3 is 15.3 Å². The molecular weight excluding hydrogens is 188 g/mol. The SMILES string of the molecule is OCCCCNCC1CCN(C2CC2)C1. The summed E-state index contributed by atoms with van der Waals surface area (Å²) in [7, 11) is 0. The number of unbranched alkanes of at least 4 members (excludes halogenated alkanes) is 1. The van der Waals surface area contributed by atoms with Gasteiger partial charge in [0.2, 0.25) is 0 Å². The molecule has 3 nitrogen and oxygen atoms in total. The molecule has 0 bridgehead atoms. The maximum atomic E-state index is 8.65. The van der Waals surface area contributed by atoms with Crippen molar-refractivity contribution in [2.75, 3.05) is 32.8 Å². The summed E-state index contributed by atoms with van der Waals surface area (Å²) in [5, 5.41) is 12.1. The number of hydrogen-bond donors (Lipinski definition) is 2. The standard InChI is InChI=1S/C12H24N2O/c15-8-2-1-6-13-9-11-5-7-14(10-11)12-3-4-12/h11-13,15H,1-10H2. The van der Waals surface area contributed by atoms with Crippen LogP contribution in [0.3, 0.4) is 0 Å². The summed E-state index contributed by atoms with van der Waals surface area (Å²) in [5.41, 5.74) is 0. The zero-order chi connectivity index (χ0) is 10.5. The molecule has 0 amide bonds. The van der Waals surface area contributed by atoms with Crippen LogP contribution < -0.4 is 5.32 Å². The molecule has 1 aliphatic carbocycles. The van der Waals surface area contributed by atoms with Gasteiger partial charge in [0.25, 0.3) is 0 Å². The van der Waals surface area contributed by atoms with E-state index in [4.69, 9.17) is 5.11 Å². The topological polar surface area (TPSA) is 35.5 Å². The van der Waals surface area contributed by atoms with Crippen molar-refractivity contribution in [2.45, 2.75) is 38.1 Å². The molecular formula is C12H24N2O. The lowest BCUT2D eigenvalue weighted by molar-refractivity contribution is 0.282. The zero-order valence-corrected chi connectivity index (χ0v) is 9.62. The molecule has 2 rings (SSSR count). The fourth-order valence-corrected chi connectivity index (χ4v) is 2.47. The van der Waals surface area contributed by atoms with E-state index in [9.17, 15) is 0 Å². The molecule has 88 valence electrons. The molecule has 1 atom stereocenters. The van der Waals surface area contributed by atoms with Crippen LogP contribution in [-0.2, 0) is 0 Å². The Bertz CT molecular complexity index is 182. The first-order valence-electron chi connectivity index (χ1n) is 6.46. The first-order chi connectivity index (χ1) is 7.40. The van der Waals surface area contributed by atoms with Gasteiger partial charge in [0, 0.05) is 19.2 Å². The van der Waals surface area contributed by atoms with E-state index >= 15 is 0 Å². The zero-order valence-electron chi connectivity index (χ0n) is 9.62. The number of likely N-dealkylation sites (tertiary alicyclic amines) is 1. The number of aliphatic hydroxyl groups is 1. The van der Waals surface area contributed by atoms with E-state index in [0.29, 0.717) is 6.61 Å². The molecule has 1 aliphatic heterocycles. The van der Waals surface area contributed by atoms with E-state index in [0.717, 1.165) is 31.3 Å². The number of nitrogens with zero attached hydrogens (tertiary/aromatic N) is 1. The summed E-state index contributed by atoms with van der Waals surface area (Å²) in [4.78, 5) is 2.67. The van der Waals surface area contributed by atoms with Gasteiger partial charge in [0.15, 0.2) is 0 Å². The molecule has 1 saturated heterocycles. The van der Waals surface area contributed by atoms with Gasteiger partial charge in [-0.25, -0.2) is 0 Å². The number of aliphatic hydroxyl groups excluding tert-OH is 1. The predicted molar refractivity (Wildman–Crippen MR) is 61.9 cm³/mol. The molecule has 0 aromatic heterocycles. The fourth-order valence-electron chi connectivity index (χ4n) is 2.47. The quantitative estimate of drug-likeness (QED) is 0.614. The second-order valence-electron chi connectivity index (χ2n) is 5.02. The molecule has 2 fully saturated rings. The predicted octanol–water partition coefficient (Wildman–Crippen LogP) is 0.833. The average molecular weight is 212 g/mol. The van der Waals surface area contributed by atoms with Crippen molar-refractivity contribution < 1.29 is 5.11 Å². The Hall–Kier alpha value is -0.120. The van der Waals surface area contributed by atoms with Crippen LogP contribution in [0.2, 0.25) is 0 Å². The maximum absolute atomic E-state index is 8.65. The molecule has 0 spiro atoms. The lowest BCUT2D eigenvalue weighted by atomic mass is 10.1. The third kappa shape index (κ3) is 3.74. The summed E-state index contributed by atoms with van der Waals surface area (Å²) in [6.45, 7) is 5.22. The highest BCUT2D eigenvalue weighted by Gasteiger charge is 2.33. The van der Waals surface area contributed by atoms with Crippen molar-refractivity contribution in [3.05, 3.63) is 0 Å². The van der Waals surface area contributed by atoms with Gasteiger partial charge in [-0.15, -0.1) is 0 Å². The summed E-state index contributed by atoms with van der Waals surface area (Å²) < 4.78 is 0. The van der Waals surface area contributed by atoms with E-state index in [1.807, 2.05) is 0 Å². The molecule has 1 saturated carbocycles. The van der Waals surface area contributed by atoms with Gasteiger partial charge in [-0.05, 0) is 57.7 Å². The van der Waals surface area contributed by atoms with Crippen LogP contribution in [0.4, 0.5) is 0 Å². The van der Waals surface area contributed by atoms with Crippen molar-refractivity contribution in [1.82, 2.24) is 10.2 Å². The Labute approximate surface area is 92.8 Å². The van der Waals surface area contributed by atoms with E-state index in [1.54, 1.807) is 0 Å². The monoisotopic (exact) mass is 212 g/mol. The highest BCUT2D eigenvalue weighted by atomic mass is 16.2. The van der Waals surface area contributed by atoms with E-state index in [-0.39, 0.29) is 0 Å². The molecule has 1 unspecified atom stereocenters. The summed E-state index contributed by atoms with van der Waals surface area (Å²) >= 11 is 0. The molecule has 0 aromatic rings. The Balaban J connectivity index is 1.49. The molecule has 2 aliphatic rings. The Morgan fingerprint density at radius 2 is 2.07 bits per heavy atom. The van der Waals surface area contributed by atoms with Gasteiger partial charge in [-0.3, -0.25) is 0 Å². The van der Waals surface area contributed by atoms with Crippen LogP contribution in [-0.4, -0.2) is 48.8 Å². The average Bonchev–Trinajstić information content (AvgIpc) is 2.99. The number of nitrogens with one attached hydrogen (secondary N) is 1. The third-order valence-corrected chi connectivity index (χ3v) is 3.58. The number of rotatable bonds is 7. The number of hydrogen-bond acceptors (Lipinski definition) is 3. The molecule has 0 aromatic carbocycles. The van der Waals surface area contributed by atoms with E-state index in [2.05, 4.69) is 10.2 Å². The van der Waals surface area contributed by atoms with Gasteiger partial charge in [0.1, 0.15) is 0 Å². The molecule has 0 radical (unpaired) electrons. The van der Waals surface area contributed by atoms with E-state index < -0.39 is 0 Å². The minimum atomic E-state index is 0.334. The molecule has 1 heterocycles. The van der Waals surface area contributed by atoms with Crippen LogP contribution in [0.25, 0.3) is 0 Å². The van der Waals surface area contributed by atoms with Crippen LogP contribution in [0.1, 0.15) is 32.1 Å². The minimum Gasteiger partial charge on any atom is -0.396 e. The second kappa shape index (κ2) is 5.83. The lowest BCUT2D eigenvalue weighted by Crippen LogP contribution is -2.28. The second-order valence-corrected chi connectivity index (χ2v) is 5.02. The summed E-state index contributed by atoms with van der Waals surface area (Å²) in [5.74, 6) is 0.875. The molecule has 2 N–H and O–H groups in total. The van der Waals surface area contributed by atoms with Crippen molar-refractivity contribution in [3.8, 4) is 0 Å². The first kappa shape index (κ1) is 11.4. The van der Waals surface area contributed by atoms with E-state index in [1.165, 1.54) is 38.9 Å². The van der Waals surface area contributed by atoms with Crippen molar-refractivity contribution >= 4 is 0 Å².